The molecule has 1 aliphatic heterocycles. The first-order valence-corrected chi connectivity index (χ1v) is 16.3. The number of nitrogens with one attached hydrogen (secondary N) is 1. The number of rotatable bonds is 15. The van der Waals surface area contributed by atoms with Crippen LogP contribution in [0.5, 0.6) is 0 Å². The fourth-order valence-corrected chi connectivity index (χ4v) is 6.82. The first kappa shape index (κ1) is 36.8. The second-order valence-corrected chi connectivity index (χ2v) is 14.1. The number of hydrogen-bond donors (Lipinski definition) is 2. The zero-order valence-electron chi connectivity index (χ0n) is 27.8. The number of carbonyl (C=O) groups is 6. The molecule has 46 heavy (non-hydrogen) atoms. The number of carbonyl (C=O) groups excluding carboxylic acids is 5. The number of aliphatic carboxylic acids is 1. The summed E-state index contributed by atoms with van der Waals surface area (Å²) in [6.07, 6.45) is -1.79. The van der Waals surface area contributed by atoms with Gasteiger partial charge in [-0.25, -0.2) is 9.18 Å². The number of alkyl halides is 1. The summed E-state index contributed by atoms with van der Waals surface area (Å²) < 4.78 is 20.2. The van der Waals surface area contributed by atoms with Crippen molar-refractivity contribution < 1.29 is 43.0 Å². The number of ether oxygens (including phenoxy) is 1. The lowest BCUT2D eigenvalue weighted by atomic mass is 9.82. The van der Waals surface area contributed by atoms with Gasteiger partial charge in [-0.05, 0) is 56.4 Å². The van der Waals surface area contributed by atoms with Crippen LogP contribution in [0.2, 0.25) is 0 Å². The van der Waals surface area contributed by atoms with Crippen LogP contribution in [0.4, 0.5) is 9.18 Å². The van der Waals surface area contributed by atoms with Crippen molar-refractivity contribution in [2.45, 2.75) is 111 Å². The third-order valence-corrected chi connectivity index (χ3v) is 9.11. The van der Waals surface area contributed by atoms with E-state index in [0.29, 0.717) is 12.8 Å². The van der Waals surface area contributed by atoms with Gasteiger partial charge in [0.1, 0.15) is 12.2 Å². The molecule has 1 aliphatic carbocycles. The molecule has 2 amide bonds. The van der Waals surface area contributed by atoms with Crippen molar-refractivity contribution in [3.8, 4) is 0 Å². The topological polar surface area (TPSA) is 147 Å². The number of carboxylic acids is 1. The molecular weight excluding hydrogens is 595 g/mol. The molecule has 0 aromatic heterocycles. The summed E-state index contributed by atoms with van der Waals surface area (Å²) in [6, 6.07) is 6.73. The minimum atomic E-state index is -1.20. The monoisotopic (exact) mass is 644 g/mol. The molecule has 2 N–H and O–H groups in total. The molecule has 1 saturated carbocycles. The molecule has 1 aromatic rings. The first-order chi connectivity index (χ1) is 21.5. The number of fused-ring (bicyclic) bond motifs is 1. The SMILES string of the molecule is CCCC(CC(=O)[C@@H]1[C@H]2CC[C@H](F)[C@H]2CN1C(=O)[C@@H](NC(=O)OC(C)C)C(C)(C)C)C(=O)C(=O)C[C@@H](Cc1ccccc1)C(=O)O. The van der Waals surface area contributed by atoms with E-state index in [2.05, 4.69) is 5.32 Å². The van der Waals surface area contributed by atoms with Crippen LogP contribution in [-0.2, 0) is 35.1 Å². The van der Waals surface area contributed by atoms with Crippen molar-refractivity contribution in [2.24, 2.45) is 29.1 Å². The summed E-state index contributed by atoms with van der Waals surface area (Å²) in [5, 5.41) is 12.4. The number of carboxylic acid groups (broad SMARTS) is 1. The molecule has 0 radical (unpaired) electrons. The van der Waals surface area contributed by atoms with E-state index < -0.39 is 95.2 Å². The molecular formula is C35H49FN2O8. The molecule has 1 heterocycles. The lowest BCUT2D eigenvalue weighted by Gasteiger charge is -2.36. The minimum absolute atomic E-state index is 0.000337. The number of ketones is 3. The van der Waals surface area contributed by atoms with Crippen molar-refractivity contribution in [3.05, 3.63) is 35.9 Å². The molecule has 1 unspecified atom stereocenters. The van der Waals surface area contributed by atoms with Gasteiger partial charge in [0.15, 0.2) is 11.6 Å². The van der Waals surface area contributed by atoms with Crippen LogP contribution in [0.1, 0.15) is 85.6 Å². The molecule has 1 aromatic carbocycles. The van der Waals surface area contributed by atoms with Gasteiger partial charge >= 0.3 is 12.1 Å². The standard InChI is InChI=1S/C35H49FN2O8/c1-7-11-22(30(41)28(40)18-23(33(43)44)16-21-12-9-8-10-13-21)17-27(39)29-24-14-15-26(36)25(24)19-38(29)32(42)31(35(4,5)6)37-34(45)46-20(2)3/h8-10,12-13,20,22-26,29,31H,7,11,14-19H2,1-6H3,(H,37,45)(H,43,44)/t22?,23-,24+,25+,26+,29+,31-/m1/s1. The fraction of sp³-hybridized carbons (Fsp3) is 0.657. The molecule has 2 fully saturated rings. The quantitative estimate of drug-likeness (QED) is 0.255. The summed E-state index contributed by atoms with van der Waals surface area (Å²) in [7, 11) is 0. The van der Waals surface area contributed by atoms with Gasteiger partial charge in [0.05, 0.1) is 18.1 Å². The average molecular weight is 645 g/mol. The Labute approximate surface area is 270 Å². The van der Waals surface area contributed by atoms with Crippen molar-refractivity contribution in [1.82, 2.24) is 10.2 Å². The third kappa shape index (κ3) is 9.22. The van der Waals surface area contributed by atoms with Gasteiger partial charge in [0.2, 0.25) is 11.7 Å². The van der Waals surface area contributed by atoms with Gasteiger partial charge < -0.3 is 20.1 Å². The molecule has 0 bridgehead atoms. The highest BCUT2D eigenvalue weighted by atomic mass is 19.1. The lowest BCUT2D eigenvalue weighted by Crippen LogP contribution is -2.57. The number of Topliss-reactive ketones (excluding diaryl/α,β-unsaturated/α-hetero) is 3. The second-order valence-electron chi connectivity index (χ2n) is 14.1. The Balaban J connectivity index is 1.82. The van der Waals surface area contributed by atoms with Gasteiger partial charge in [-0.15, -0.1) is 0 Å². The van der Waals surface area contributed by atoms with Crippen LogP contribution in [0.25, 0.3) is 0 Å². The summed E-state index contributed by atoms with van der Waals surface area (Å²) in [5.74, 6) is -6.93. The average Bonchev–Trinajstić information content (AvgIpc) is 3.53. The second kappa shape index (κ2) is 15.8. The largest absolute Gasteiger partial charge is 0.481 e. The van der Waals surface area contributed by atoms with Gasteiger partial charge in [-0.3, -0.25) is 24.0 Å². The number of hydrogen-bond acceptors (Lipinski definition) is 7. The molecule has 2 aliphatic rings. The zero-order chi connectivity index (χ0) is 34.3. The smallest absolute Gasteiger partial charge is 0.408 e. The maximum atomic E-state index is 15.0. The van der Waals surface area contributed by atoms with Crippen molar-refractivity contribution >= 4 is 35.3 Å². The van der Waals surface area contributed by atoms with Gasteiger partial charge in [0.25, 0.3) is 0 Å². The predicted octanol–water partition coefficient (Wildman–Crippen LogP) is 4.96. The van der Waals surface area contributed by atoms with E-state index in [-0.39, 0.29) is 32.2 Å². The van der Waals surface area contributed by atoms with E-state index >= 15 is 4.39 Å². The van der Waals surface area contributed by atoms with Crippen LogP contribution < -0.4 is 5.32 Å². The zero-order valence-corrected chi connectivity index (χ0v) is 27.8. The van der Waals surface area contributed by atoms with Crippen LogP contribution in [0, 0.1) is 29.1 Å². The van der Waals surface area contributed by atoms with Crippen LogP contribution in [-0.4, -0.2) is 76.2 Å². The van der Waals surface area contributed by atoms with E-state index in [4.69, 9.17) is 4.74 Å². The van der Waals surface area contributed by atoms with Crippen LogP contribution in [0.3, 0.4) is 0 Å². The van der Waals surface area contributed by atoms with E-state index in [1.54, 1.807) is 65.0 Å². The Bertz CT molecular complexity index is 1280. The highest BCUT2D eigenvalue weighted by molar-refractivity contribution is 6.38. The normalized spacial score (nSPS) is 22.9. The van der Waals surface area contributed by atoms with E-state index in [1.807, 2.05) is 6.92 Å². The summed E-state index contributed by atoms with van der Waals surface area (Å²) >= 11 is 0. The highest BCUT2D eigenvalue weighted by Crippen LogP contribution is 2.45. The van der Waals surface area contributed by atoms with Crippen molar-refractivity contribution in [2.75, 3.05) is 6.54 Å². The number of halogens is 1. The molecule has 11 heteroatoms. The molecule has 1 saturated heterocycles. The third-order valence-electron chi connectivity index (χ3n) is 9.11. The molecule has 10 nitrogen and oxygen atoms in total. The van der Waals surface area contributed by atoms with Crippen LogP contribution in [0.15, 0.2) is 30.3 Å². The predicted molar refractivity (Wildman–Crippen MR) is 169 cm³/mol. The van der Waals surface area contributed by atoms with Crippen molar-refractivity contribution in [3.63, 3.8) is 0 Å². The molecule has 7 atom stereocenters. The Hall–Kier alpha value is -3.63. The first-order valence-electron chi connectivity index (χ1n) is 16.3. The Morgan fingerprint density at radius 2 is 1.65 bits per heavy atom. The van der Waals surface area contributed by atoms with Gasteiger partial charge in [-0.2, -0.15) is 0 Å². The van der Waals surface area contributed by atoms with Gasteiger partial charge in [-0.1, -0.05) is 64.4 Å². The summed E-state index contributed by atoms with van der Waals surface area (Å²) in [4.78, 5) is 80.6. The Morgan fingerprint density at radius 3 is 2.22 bits per heavy atom. The fourth-order valence-electron chi connectivity index (χ4n) is 6.82. The number of nitrogens with zero attached hydrogens (tertiary/aromatic N) is 1. The number of alkyl carbamates (subject to hydrolysis) is 1. The van der Waals surface area contributed by atoms with E-state index in [0.717, 1.165) is 5.56 Å². The van der Waals surface area contributed by atoms with Gasteiger partial charge in [0, 0.05) is 31.2 Å². The highest BCUT2D eigenvalue weighted by Gasteiger charge is 2.55. The summed E-state index contributed by atoms with van der Waals surface area (Å²) in [6.45, 7) is 10.5. The number of benzene rings is 1. The van der Waals surface area contributed by atoms with Crippen molar-refractivity contribution in [1.29, 1.82) is 0 Å². The maximum absolute atomic E-state index is 15.0. The molecule has 3 rings (SSSR count). The Kier molecular flexibility index (Phi) is 12.6. The van der Waals surface area contributed by atoms with E-state index in [1.165, 1.54) is 4.90 Å². The minimum Gasteiger partial charge on any atom is -0.481 e. The number of likely N-dealkylation sites (tertiary alicyclic amines) is 1. The maximum Gasteiger partial charge on any atom is 0.408 e. The molecule has 0 spiro atoms. The van der Waals surface area contributed by atoms with Crippen LogP contribution >= 0.6 is 0 Å². The number of amides is 2. The molecule has 254 valence electrons. The lowest BCUT2D eigenvalue weighted by molar-refractivity contribution is -0.146. The Morgan fingerprint density at radius 1 is 1.00 bits per heavy atom. The summed E-state index contributed by atoms with van der Waals surface area (Å²) in [5.41, 5.74) is -0.0552. The van der Waals surface area contributed by atoms with E-state index in [9.17, 15) is 33.9 Å².